The maximum Gasteiger partial charge on any atom is 0.211 e. The van der Waals surface area contributed by atoms with Crippen molar-refractivity contribution in [1.29, 1.82) is 0 Å². The normalized spacial score (nSPS) is 26.4. The molecule has 2 aliphatic rings. The van der Waals surface area contributed by atoms with E-state index in [9.17, 15) is 9.59 Å². The van der Waals surface area contributed by atoms with E-state index in [2.05, 4.69) is 6.92 Å². The van der Waals surface area contributed by atoms with Gasteiger partial charge in [-0.1, -0.05) is 56.9 Å². The van der Waals surface area contributed by atoms with Crippen molar-refractivity contribution in [1.82, 2.24) is 0 Å². The van der Waals surface area contributed by atoms with Crippen molar-refractivity contribution in [2.75, 3.05) is 5.75 Å². The van der Waals surface area contributed by atoms with E-state index in [0.29, 0.717) is 11.1 Å². The standard InChI is InChI=1S/C17H20O3S/c1-2-3-4-5-8-11-21-17-15(19)13-10-7-6-9-12(13)14(18)16(17)20-17/h6-7,9-10,16H,2-5,8,11H2,1H3. The van der Waals surface area contributed by atoms with Gasteiger partial charge in [-0.05, 0) is 12.2 Å². The lowest BCUT2D eigenvalue weighted by atomic mass is 9.89. The van der Waals surface area contributed by atoms with Crippen LogP contribution in [-0.4, -0.2) is 28.4 Å². The highest BCUT2D eigenvalue weighted by Crippen LogP contribution is 2.53. The summed E-state index contributed by atoms with van der Waals surface area (Å²) in [6, 6.07) is 7.05. The van der Waals surface area contributed by atoms with Crippen molar-refractivity contribution >= 4 is 23.3 Å². The minimum atomic E-state index is -0.907. The molecule has 112 valence electrons. The van der Waals surface area contributed by atoms with Crippen molar-refractivity contribution in [3.63, 3.8) is 0 Å². The van der Waals surface area contributed by atoms with Gasteiger partial charge in [0.2, 0.25) is 10.7 Å². The number of ether oxygens (including phenoxy) is 1. The third kappa shape index (κ3) is 2.55. The molecular formula is C17H20O3S. The van der Waals surface area contributed by atoms with Gasteiger partial charge in [0.25, 0.3) is 0 Å². The molecule has 21 heavy (non-hydrogen) atoms. The number of thioether (sulfide) groups is 1. The highest BCUT2D eigenvalue weighted by atomic mass is 32.2. The van der Waals surface area contributed by atoms with Crippen molar-refractivity contribution in [2.45, 2.75) is 50.1 Å². The topological polar surface area (TPSA) is 46.7 Å². The summed E-state index contributed by atoms with van der Waals surface area (Å²) in [7, 11) is 0. The predicted molar refractivity (Wildman–Crippen MR) is 83.9 cm³/mol. The van der Waals surface area contributed by atoms with Gasteiger partial charge in [-0.25, -0.2) is 0 Å². The number of fused-ring (bicyclic) bond motifs is 2. The van der Waals surface area contributed by atoms with Gasteiger partial charge in [-0.2, -0.15) is 0 Å². The lowest BCUT2D eigenvalue weighted by Gasteiger charge is -2.17. The summed E-state index contributed by atoms with van der Waals surface area (Å²) in [4.78, 5) is 24.0. The highest BCUT2D eigenvalue weighted by Gasteiger charge is 2.69. The van der Waals surface area contributed by atoms with E-state index in [4.69, 9.17) is 4.74 Å². The average Bonchev–Trinajstić information content (AvgIpc) is 3.25. The van der Waals surface area contributed by atoms with Crippen LogP contribution < -0.4 is 0 Å². The van der Waals surface area contributed by atoms with Crippen LogP contribution in [0.15, 0.2) is 24.3 Å². The van der Waals surface area contributed by atoms with Gasteiger partial charge in [0.05, 0.1) is 0 Å². The van der Waals surface area contributed by atoms with Gasteiger partial charge in [0.1, 0.15) is 0 Å². The van der Waals surface area contributed by atoms with Gasteiger partial charge in [0, 0.05) is 11.1 Å². The van der Waals surface area contributed by atoms with Crippen LogP contribution in [0.5, 0.6) is 0 Å². The molecule has 1 fully saturated rings. The third-order valence-corrected chi connectivity index (χ3v) is 5.55. The van der Waals surface area contributed by atoms with Gasteiger partial charge in [-0.15, -0.1) is 11.8 Å². The molecule has 0 spiro atoms. The van der Waals surface area contributed by atoms with E-state index >= 15 is 0 Å². The number of ketones is 2. The Hall–Kier alpha value is -1.13. The Labute approximate surface area is 129 Å². The van der Waals surface area contributed by atoms with Crippen molar-refractivity contribution in [3.8, 4) is 0 Å². The first-order chi connectivity index (χ1) is 10.2. The molecule has 1 aromatic carbocycles. The van der Waals surface area contributed by atoms with Gasteiger partial charge in [0.15, 0.2) is 11.9 Å². The van der Waals surface area contributed by atoms with E-state index in [1.165, 1.54) is 37.4 Å². The maximum absolute atomic E-state index is 12.6. The molecule has 1 aliphatic heterocycles. The highest BCUT2D eigenvalue weighted by molar-refractivity contribution is 8.01. The number of hydrogen-bond donors (Lipinski definition) is 0. The molecule has 3 nitrogen and oxygen atoms in total. The van der Waals surface area contributed by atoms with Crippen LogP contribution in [0, 0.1) is 0 Å². The lowest BCUT2D eigenvalue weighted by Crippen LogP contribution is -2.34. The summed E-state index contributed by atoms with van der Waals surface area (Å²) in [5.74, 6) is 0.812. The molecule has 1 aliphatic carbocycles. The molecule has 3 rings (SSSR count). The minimum Gasteiger partial charge on any atom is -0.337 e. The second-order valence-electron chi connectivity index (χ2n) is 5.67. The Bertz CT molecular complexity index is 569. The van der Waals surface area contributed by atoms with E-state index in [-0.39, 0.29) is 11.6 Å². The van der Waals surface area contributed by atoms with Crippen LogP contribution in [0.4, 0.5) is 0 Å². The van der Waals surface area contributed by atoms with Crippen LogP contribution in [0.3, 0.4) is 0 Å². The number of rotatable bonds is 7. The van der Waals surface area contributed by atoms with Gasteiger partial charge < -0.3 is 4.74 Å². The molecule has 1 saturated heterocycles. The SMILES string of the molecule is CCCCCCCSC12OC1C(=O)c1ccccc1C2=O. The largest absolute Gasteiger partial charge is 0.337 e. The molecule has 0 saturated carbocycles. The lowest BCUT2D eigenvalue weighted by molar-refractivity contribution is 0.0911. The van der Waals surface area contributed by atoms with Crippen LogP contribution in [-0.2, 0) is 4.74 Å². The number of benzene rings is 1. The van der Waals surface area contributed by atoms with E-state index in [0.717, 1.165) is 12.2 Å². The van der Waals surface area contributed by atoms with Crippen LogP contribution in [0.2, 0.25) is 0 Å². The number of Topliss-reactive ketones (excluding diaryl/α,β-unsaturated/α-hetero) is 2. The zero-order valence-corrected chi connectivity index (χ0v) is 13.1. The summed E-state index contributed by atoms with van der Waals surface area (Å²) < 4.78 is 5.56. The molecular weight excluding hydrogens is 284 g/mol. The number of carbonyl (C=O) groups excluding carboxylic acids is 2. The number of epoxide rings is 1. The number of carbonyl (C=O) groups is 2. The first-order valence-electron chi connectivity index (χ1n) is 7.70. The average molecular weight is 304 g/mol. The molecule has 0 N–H and O–H groups in total. The minimum absolute atomic E-state index is 0.0266. The zero-order valence-electron chi connectivity index (χ0n) is 12.3. The first kappa shape index (κ1) is 14.8. The number of hydrogen-bond acceptors (Lipinski definition) is 4. The molecule has 0 radical (unpaired) electrons. The van der Waals surface area contributed by atoms with Crippen LogP contribution >= 0.6 is 11.8 Å². The molecule has 0 bridgehead atoms. The van der Waals surface area contributed by atoms with E-state index in [1.54, 1.807) is 24.3 Å². The van der Waals surface area contributed by atoms with Crippen LogP contribution in [0.1, 0.15) is 59.7 Å². The summed E-state index contributed by atoms with van der Waals surface area (Å²) in [6.07, 6.45) is 5.43. The summed E-state index contributed by atoms with van der Waals surface area (Å²) >= 11 is 1.51. The monoisotopic (exact) mass is 304 g/mol. The smallest absolute Gasteiger partial charge is 0.211 e. The Morgan fingerprint density at radius 3 is 2.57 bits per heavy atom. The fourth-order valence-electron chi connectivity index (χ4n) is 2.87. The summed E-state index contributed by atoms with van der Waals surface area (Å²) in [5, 5.41) is 0. The van der Waals surface area contributed by atoms with Crippen molar-refractivity contribution < 1.29 is 14.3 Å². The second-order valence-corrected chi connectivity index (χ2v) is 6.97. The Kier molecular flexibility index (Phi) is 4.18. The third-order valence-electron chi connectivity index (χ3n) is 4.14. The van der Waals surface area contributed by atoms with E-state index in [1.807, 2.05) is 0 Å². The van der Waals surface area contributed by atoms with Crippen molar-refractivity contribution in [2.24, 2.45) is 0 Å². The molecule has 2 unspecified atom stereocenters. The quantitative estimate of drug-likeness (QED) is 0.567. The van der Waals surface area contributed by atoms with E-state index < -0.39 is 11.0 Å². The molecule has 1 heterocycles. The van der Waals surface area contributed by atoms with Gasteiger partial charge >= 0.3 is 0 Å². The molecule has 2 atom stereocenters. The van der Waals surface area contributed by atoms with Gasteiger partial charge in [-0.3, -0.25) is 9.59 Å². The Morgan fingerprint density at radius 1 is 1.10 bits per heavy atom. The molecule has 0 amide bonds. The first-order valence-corrected chi connectivity index (χ1v) is 8.69. The Morgan fingerprint density at radius 2 is 1.81 bits per heavy atom. The second kappa shape index (κ2) is 5.93. The fraction of sp³-hybridized carbons (Fsp3) is 0.529. The summed E-state index contributed by atoms with van der Waals surface area (Å²) in [6.45, 7) is 2.19. The molecule has 1 aromatic rings. The van der Waals surface area contributed by atoms with Crippen LogP contribution in [0.25, 0.3) is 0 Å². The fourth-order valence-corrected chi connectivity index (χ4v) is 4.18. The predicted octanol–water partition coefficient (Wildman–Crippen LogP) is 3.86. The molecule has 0 aromatic heterocycles. The Balaban J connectivity index is 1.63. The maximum atomic E-state index is 12.6. The zero-order chi connectivity index (χ0) is 14.9. The van der Waals surface area contributed by atoms with Crippen molar-refractivity contribution in [3.05, 3.63) is 35.4 Å². The summed E-state index contributed by atoms with van der Waals surface area (Å²) in [5.41, 5.74) is 1.04. The molecule has 4 heteroatoms. The number of unbranched alkanes of at least 4 members (excludes halogenated alkanes) is 4.